The first kappa shape index (κ1) is 86.2. The van der Waals surface area contributed by atoms with E-state index in [2.05, 4.69) is 318 Å². The Bertz CT molecular complexity index is 1900. The summed E-state index contributed by atoms with van der Waals surface area (Å²) in [6, 6.07) is 11.5. The molecule has 0 heterocycles. The van der Waals surface area contributed by atoms with Crippen molar-refractivity contribution in [3.63, 3.8) is 0 Å². The van der Waals surface area contributed by atoms with Crippen molar-refractivity contribution in [3.8, 4) is 0 Å². The van der Waals surface area contributed by atoms with Crippen LogP contribution in [-0.4, -0.2) is 113 Å². The molecule has 0 aliphatic heterocycles. The van der Waals surface area contributed by atoms with Crippen LogP contribution in [-0.2, 0) is 29.6 Å². The summed E-state index contributed by atoms with van der Waals surface area (Å²) in [5.74, 6) is 0. The average Bonchev–Trinajstić information content (AvgIpc) is 3.00. The van der Waals surface area contributed by atoms with Gasteiger partial charge in [0.2, 0.25) is 0 Å². The number of rotatable bonds is 20. The molecule has 2 unspecified atom stereocenters. The Morgan fingerprint density at radius 1 is 0.241 bits per heavy atom. The molecule has 0 nitrogen and oxygen atoms in total. The first-order valence-electron chi connectivity index (χ1n) is 30.4. The molecule has 0 N–H and O–H groups in total. The molecule has 468 valence electrons. The van der Waals surface area contributed by atoms with Crippen molar-refractivity contribution in [3.05, 3.63) is 72.5 Å². The molecule has 2 atom stereocenters. The molecular formula is C62H144P2PtSi14. The van der Waals surface area contributed by atoms with Crippen molar-refractivity contribution in [1.29, 1.82) is 0 Å². The molecule has 0 amide bonds. The quantitative estimate of drug-likeness (QED) is 0.0704. The number of hydrogen-bond donors (Lipinski definition) is 0. The summed E-state index contributed by atoms with van der Waals surface area (Å²) in [7, 11) is -14.5. The van der Waals surface area contributed by atoms with Crippen molar-refractivity contribution in [1.82, 2.24) is 0 Å². The second-order valence-electron chi connectivity index (χ2n) is 39.8. The molecule has 79 heavy (non-hydrogen) atoms. The molecule has 0 bridgehead atoms. The molecule has 0 saturated heterocycles. The van der Waals surface area contributed by atoms with Gasteiger partial charge in [-0.05, 0) is 73.2 Å². The Kier molecular flexibility index (Phi) is 29.3. The molecule has 0 spiro atoms. The molecule has 0 fully saturated rings. The summed E-state index contributed by atoms with van der Waals surface area (Å²) >= 11 is 0. The number of hydrogen-bond acceptors (Lipinski definition) is 0. The van der Waals surface area contributed by atoms with Crippen LogP contribution in [0.15, 0.2) is 24.3 Å². The monoisotopic (exact) mass is 1540 g/mol. The van der Waals surface area contributed by atoms with Gasteiger partial charge < -0.3 is 14.9 Å². The van der Waals surface area contributed by atoms with Crippen LogP contribution in [0.5, 0.6) is 0 Å². The van der Waals surface area contributed by atoms with E-state index in [0.29, 0.717) is 8.57 Å². The van der Waals surface area contributed by atoms with Crippen molar-refractivity contribution >= 4 is 142 Å². The first-order chi connectivity index (χ1) is 32.5. The van der Waals surface area contributed by atoms with E-state index in [0.717, 1.165) is 20.7 Å². The average molecular weight is 1540 g/mol. The van der Waals surface area contributed by atoms with Crippen molar-refractivity contribution < 1.29 is 21.1 Å². The molecule has 0 aliphatic rings. The first-order valence-corrected chi connectivity index (χ1v) is 81.1. The zero-order chi connectivity index (χ0) is 61.8. The van der Waals surface area contributed by atoms with Crippen LogP contribution < -0.4 is 10.6 Å². The summed E-state index contributed by atoms with van der Waals surface area (Å²) < 4.78 is 0.837. The fourth-order valence-electron chi connectivity index (χ4n) is 21.1. The van der Waals surface area contributed by atoms with E-state index in [4.69, 9.17) is 0 Å². The van der Waals surface area contributed by atoms with Gasteiger partial charge in [-0.15, -0.1) is 18.5 Å². The summed E-state index contributed by atoms with van der Waals surface area (Å²) in [4.78, 5) is 0. The van der Waals surface area contributed by atoms with Crippen molar-refractivity contribution in [2.24, 2.45) is 0 Å². The Balaban J connectivity index is -0.00000141. The van der Waals surface area contributed by atoms with Crippen molar-refractivity contribution in [2.45, 2.75) is 304 Å². The summed E-state index contributed by atoms with van der Waals surface area (Å²) in [5.41, 5.74) is 10.7. The third-order valence-corrected chi connectivity index (χ3v) is 99.0. The molecular weight excluding hydrogens is 1390 g/mol. The van der Waals surface area contributed by atoms with Crippen LogP contribution in [0, 0.1) is 14.9 Å². The van der Waals surface area contributed by atoms with Gasteiger partial charge in [0, 0.05) is 113 Å². The van der Waals surface area contributed by atoms with Crippen molar-refractivity contribution in [2.75, 3.05) is 0 Å². The smallest absolute Gasteiger partial charge is 0.358 e. The van der Waals surface area contributed by atoms with E-state index in [1.54, 1.807) is 44.0 Å². The maximum absolute atomic E-state index is 3.39. The van der Waals surface area contributed by atoms with E-state index >= 15 is 0 Å². The fourth-order valence-corrected chi connectivity index (χ4v) is 134. The van der Waals surface area contributed by atoms with Gasteiger partial charge in [-0.1, -0.05) is 299 Å². The Morgan fingerprint density at radius 3 is 0.418 bits per heavy atom. The molecule has 17 heteroatoms. The van der Waals surface area contributed by atoms with E-state index < -0.39 is 113 Å². The number of benzene rings is 2. The van der Waals surface area contributed by atoms with Crippen LogP contribution in [0.1, 0.15) is 54.0 Å². The van der Waals surface area contributed by atoms with E-state index in [-0.39, 0.29) is 35.9 Å². The Morgan fingerprint density at radius 2 is 0.342 bits per heavy atom. The van der Waals surface area contributed by atoms with Crippen LogP contribution >= 0.6 is 18.5 Å². The minimum Gasteiger partial charge on any atom is -0.358 e. The third-order valence-electron chi connectivity index (χ3n) is 18.3. The Hall–Kier alpha value is 3.02. The van der Waals surface area contributed by atoms with Crippen LogP contribution in [0.3, 0.4) is 0 Å². The van der Waals surface area contributed by atoms with E-state index in [9.17, 15) is 0 Å². The zero-order valence-corrected chi connectivity index (χ0v) is 80.7. The minimum atomic E-state index is -1.60. The maximum Gasteiger partial charge on any atom is 2.00 e. The molecule has 2 rings (SSSR count). The zero-order valence-electron chi connectivity index (χ0n) is 62.1. The van der Waals surface area contributed by atoms with E-state index in [1.165, 1.54) is 0 Å². The predicted molar refractivity (Wildman–Crippen MR) is 426 cm³/mol. The fraction of sp³-hybridized carbons (Fsp3) is 0.774. The summed E-state index contributed by atoms with van der Waals surface area (Å²) in [5, 5.41) is 6.32. The second kappa shape index (κ2) is 26.8. The van der Waals surface area contributed by atoms with Gasteiger partial charge in [0.05, 0.1) is 0 Å². The maximum atomic E-state index is 3.39. The van der Waals surface area contributed by atoms with E-state index in [1.807, 2.05) is 0 Å². The molecule has 2 aromatic rings. The minimum absolute atomic E-state index is 0. The molecule has 2 aromatic carbocycles. The van der Waals surface area contributed by atoms with Gasteiger partial charge in [0.1, 0.15) is 0 Å². The predicted octanol–water partition coefficient (Wildman–Crippen LogP) is 22.4. The van der Waals surface area contributed by atoms with Gasteiger partial charge in [-0.3, -0.25) is 0 Å². The van der Waals surface area contributed by atoms with Crippen LogP contribution in [0.4, 0.5) is 0 Å². The van der Waals surface area contributed by atoms with Crippen LogP contribution in [0.25, 0.3) is 0 Å². The standard InChI is InChI=1S/2C30H69PSi7.2CH3.Pt/c2*1-32(2,3)28(33(4,5)6)25-22-24(30(36(13,14)15,37(16,17)18)38(19,20)21)23-26(27(25)31)29(34(7,8)9)35(10,11)12;;;/h2*22-23,28-29H,31H2,1-21H3;2*1H3;/q;;2*-1;+2. The SMILES string of the molecule is C[Si](C)(C)C(c1cc(C([Si](C)(C)C)([Si](C)(C)C)[Si](C)(C)C)cc(C([Si](C)(C)C)[Si](C)(C)C)c1P)[Si](C)(C)C.C[Si](C)(C)C(c1cc(C([Si](C)(C)C)([Si](C)(C)C)[Si](C)(C)C)cc(C([Si](C)(C)C)[Si](C)(C)C)c1P)[Si](C)(C)C.[CH3-].[CH3-].[Pt+2]. The van der Waals surface area contributed by atoms with Gasteiger partial charge in [-0.2, -0.15) is 0 Å². The summed E-state index contributed by atoms with van der Waals surface area (Å²) in [6.07, 6.45) is 0. The van der Waals surface area contributed by atoms with Gasteiger partial charge in [-0.25, -0.2) is 0 Å². The largest absolute Gasteiger partial charge is 2.00 e. The molecule has 0 aromatic heterocycles. The van der Waals surface area contributed by atoms with Crippen LogP contribution in [0.2, 0.25) is 275 Å². The van der Waals surface area contributed by atoms with Gasteiger partial charge >= 0.3 is 21.1 Å². The van der Waals surface area contributed by atoms with Gasteiger partial charge in [0.15, 0.2) is 0 Å². The Labute approximate surface area is 534 Å². The third kappa shape index (κ3) is 18.6. The molecule has 0 saturated carbocycles. The topological polar surface area (TPSA) is 0 Å². The molecule has 0 radical (unpaired) electrons. The molecule has 0 aliphatic carbocycles. The second-order valence-corrected chi connectivity index (χ2v) is 120. The normalized spacial score (nSPS) is 15.0. The van der Waals surface area contributed by atoms with Gasteiger partial charge in [0.25, 0.3) is 0 Å². The summed E-state index contributed by atoms with van der Waals surface area (Å²) in [6.45, 7) is 113.